The standard InChI is InChI=1S/C8H11N3OS.ClH/c9-8-11-5-1-4-2-12-3-6(10-4)7(5)13-8;/h4,6,10H,1-3H2,(H2,9,11);1H/t4-,6-;/m0./s1. The fraction of sp³-hybridized carbons (Fsp3) is 0.625. The summed E-state index contributed by atoms with van der Waals surface area (Å²) in [4.78, 5) is 5.61. The van der Waals surface area contributed by atoms with Gasteiger partial charge in [0, 0.05) is 17.3 Å². The molecule has 0 radical (unpaired) electrons. The Hall–Kier alpha value is -0.360. The van der Waals surface area contributed by atoms with Crippen molar-refractivity contribution in [3.05, 3.63) is 10.6 Å². The van der Waals surface area contributed by atoms with E-state index in [1.165, 1.54) is 10.6 Å². The zero-order chi connectivity index (χ0) is 8.84. The Kier molecular flexibility index (Phi) is 2.66. The van der Waals surface area contributed by atoms with Gasteiger partial charge in [-0.1, -0.05) is 0 Å². The Morgan fingerprint density at radius 1 is 1.50 bits per heavy atom. The Labute approximate surface area is 92.3 Å². The summed E-state index contributed by atoms with van der Waals surface area (Å²) >= 11 is 1.58. The largest absolute Gasteiger partial charge is 0.378 e. The number of aromatic nitrogens is 1. The molecule has 0 aromatic carbocycles. The lowest BCUT2D eigenvalue weighted by Gasteiger charge is -2.34. The molecule has 1 aromatic heterocycles. The first-order chi connectivity index (χ1) is 6.33. The monoisotopic (exact) mass is 233 g/mol. The zero-order valence-electron chi connectivity index (χ0n) is 7.53. The maximum atomic E-state index is 5.68. The zero-order valence-corrected chi connectivity index (χ0v) is 9.16. The van der Waals surface area contributed by atoms with Gasteiger partial charge in [-0.2, -0.15) is 0 Å². The molecule has 0 amide bonds. The number of halogens is 1. The molecule has 0 aliphatic carbocycles. The Balaban J connectivity index is 0.000000750. The van der Waals surface area contributed by atoms with Crippen LogP contribution in [0.4, 0.5) is 5.13 Å². The van der Waals surface area contributed by atoms with Crippen LogP contribution in [0.5, 0.6) is 0 Å². The van der Waals surface area contributed by atoms with Crippen molar-refractivity contribution in [2.75, 3.05) is 18.9 Å². The highest BCUT2D eigenvalue weighted by Crippen LogP contribution is 2.33. The van der Waals surface area contributed by atoms with Gasteiger partial charge in [-0.15, -0.1) is 23.7 Å². The molecular formula is C8H12ClN3OS. The molecule has 0 spiro atoms. The molecule has 1 saturated heterocycles. The number of fused-ring (bicyclic) bond motifs is 4. The molecule has 2 aliphatic rings. The molecule has 3 rings (SSSR count). The Bertz CT molecular complexity index is 343. The summed E-state index contributed by atoms with van der Waals surface area (Å²) in [6, 6.07) is 0.769. The average molecular weight is 234 g/mol. The van der Waals surface area contributed by atoms with Crippen molar-refractivity contribution in [1.82, 2.24) is 10.3 Å². The van der Waals surface area contributed by atoms with Crippen LogP contribution >= 0.6 is 23.7 Å². The van der Waals surface area contributed by atoms with Crippen LogP contribution in [0.15, 0.2) is 0 Å². The SMILES string of the molecule is Cl.Nc1nc2c(s1)[C@@H]1COC[C@H](C2)N1. The molecule has 2 bridgehead atoms. The fourth-order valence-corrected chi connectivity index (χ4v) is 2.92. The van der Waals surface area contributed by atoms with Gasteiger partial charge in [0.15, 0.2) is 5.13 Å². The number of ether oxygens (including phenoxy) is 1. The van der Waals surface area contributed by atoms with Gasteiger partial charge in [0.05, 0.1) is 24.9 Å². The van der Waals surface area contributed by atoms with Gasteiger partial charge in [-0.25, -0.2) is 4.98 Å². The van der Waals surface area contributed by atoms with Crippen molar-refractivity contribution in [3.63, 3.8) is 0 Å². The third-order valence-electron chi connectivity index (χ3n) is 2.54. The van der Waals surface area contributed by atoms with Gasteiger partial charge in [0.2, 0.25) is 0 Å². The minimum atomic E-state index is 0. The van der Waals surface area contributed by atoms with Crippen molar-refractivity contribution >= 4 is 28.9 Å². The van der Waals surface area contributed by atoms with Gasteiger partial charge >= 0.3 is 0 Å². The molecule has 3 heterocycles. The third kappa shape index (κ3) is 1.50. The van der Waals surface area contributed by atoms with Crippen LogP contribution in [-0.2, 0) is 11.2 Å². The summed E-state index contributed by atoms with van der Waals surface area (Å²) in [5, 5.41) is 4.19. The molecule has 2 aliphatic heterocycles. The lowest BCUT2D eigenvalue weighted by molar-refractivity contribution is 0.0395. The first-order valence-corrected chi connectivity index (χ1v) is 5.23. The lowest BCUT2D eigenvalue weighted by atomic mass is 10.0. The van der Waals surface area contributed by atoms with Crippen molar-refractivity contribution in [1.29, 1.82) is 0 Å². The van der Waals surface area contributed by atoms with Gasteiger partial charge in [0.1, 0.15) is 0 Å². The summed E-state index contributed by atoms with van der Waals surface area (Å²) in [5.74, 6) is 0. The lowest BCUT2D eigenvalue weighted by Crippen LogP contribution is -2.48. The normalized spacial score (nSPS) is 29.1. The second-order valence-electron chi connectivity index (χ2n) is 3.52. The number of anilines is 1. The predicted molar refractivity (Wildman–Crippen MR) is 58.0 cm³/mol. The van der Waals surface area contributed by atoms with Crippen LogP contribution in [-0.4, -0.2) is 24.2 Å². The maximum Gasteiger partial charge on any atom is 0.180 e. The molecule has 6 heteroatoms. The number of nitrogens with one attached hydrogen (secondary N) is 1. The van der Waals surface area contributed by atoms with Crippen LogP contribution in [0.2, 0.25) is 0 Å². The van der Waals surface area contributed by atoms with Gasteiger partial charge in [-0.05, 0) is 0 Å². The van der Waals surface area contributed by atoms with Crippen LogP contribution < -0.4 is 11.1 Å². The molecule has 4 nitrogen and oxygen atoms in total. The van der Waals surface area contributed by atoms with Gasteiger partial charge < -0.3 is 15.8 Å². The van der Waals surface area contributed by atoms with Crippen molar-refractivity contribution in [3.8, 4) is 0 Å². The van der Waals surface area contributed by atoms with E-state index in [9.17, 15) is 0 Å². The highest BCUT2D eigenvalue weighted by atomic mass is 35.5. The third-order valence-corrected chi connectivity index (χ3v) is 3.58. The fourth-order valence-electron chi connectivity index (χ4n) is 2.01. The first kappa shape index (κ1) is 10.2. The highest BCUT2D eigenvalue weighted by Gasteiger charge is 2.32. The van der Waals surface area contributed by atoms with E-state index in [1.807, 2.05) is 0 Å². The first-order valence-electron chi connectivity index (χ1n) is 4.42. The number of nitrogen functional groups attached to an aromatic ring is 1. The van der Waals surface area contributed by atoms with E-state index >= 15 is 0 Å². The number of thiazole rings is 1. The van der Waals surface area contributed by atoms with Crippen LogP contribution in [0.25, 0.3) is 0 Å². The van der Waals surface area contributed by atoms with E-state index in [0.717, 1.165) is 19.6 Å². The molecule has 1 fully saturated rings. The molecule has 0 unspecified atom stereocenters. The molecule has 78 valence electrons. The molecule has 2 atom stereocenters. The molecule has 14 heavy (non-hydrogen) atoms. The smallest absolute Gasteiger partial charge is 0.180 e. The summed E-state index contributed by atoms with van der Waals surface area (Å²) in [5.41, 5.74) is 6.86. The van der Waals surface area contributed by atoms with E-state index < -0.39 is 0 Å². The summed E-state index contributed by atoms with van der Waals surface area (Å²) in [6.45, 7) is 1.55. The second kappa shape index (κ2) is 3.66. The highest BCUT2D eigenvalue weighted by molar-refractivity contribution is 7.15. The second-order valence-corrected chi connectivity index (χ2v) is 4.58. The topological polar surface area (TPSA) is 60.2 Å². The number of hydrogen-bond acceptors (Lipinski definition) is 5. The minimum absolute atomic E-state index is 0. The average Bonchev–Trinajstić information content (AvgIpc) is 2.47. The number of hydrogen-bond donors (Lipinski definition) is 2. The van der Waals surface area contributed by atoms with Crippen LogP contribution in [0.1, 0.15) is 16.6 Å². The van der Waals surface area contributed by atoms with Crippen molar-refractivity contribution in [2.24, 2.45) is 0 Å². The molecule has 0 saturated carbocycles. The van der Waals surface area contributed by atoms with Crippen molar-refractivity contribution in [2.45, 2.75) is 18.5 Å². The van der Waals surface area contributed by atoms with E-state index in [2.05, 4.69) is 10.3 Å². The quantitative estimate of drug-likeness (QED) is 0.694. The molecule has 3 N–H and O–H groups in total. The van der Waals surface area contributed by atoms with E-state index in [-0.39, 0.29) is 12.4 Å². The number of morpholine rings is 1. The number of nitrogens with two attached hydrogens (primary N) is 1. The Morgan fingerprint density at radius 3 is 3.21 bits per heavy atom. The summed E-state index contributed by atoms with van der Waals surface area (Å²) in [6.07, 6.45) is 0.958. The van der Waals surface area contributed by atoms with Gasteiger partial charge in [0.25, 0.3) is 0 Å². The summed E-state index contributed by atoms with van der Waals surface area (Å²) in [7, 11) is 0. The maximum absolute atomic E-state index is 5.68. The predicted octanol–water partition coefficient (Wildman–Crippen LogP) is 0.733. The number of rotatable bonds is 0. The minimum Gasteiger partial charge on any atom is -0.378 e. The van der Waals surface area contributed by atoms with Gasteiger partial charge in [-0.3, -0.25) is 0 Å². The van der Waals surface area contributed by atoms with Crippen LogP contribution in [0.3, 0.4) is 0 Å². The van der Waals surface area contributed by atoms with E-state index in [4.69, 9.17) is 10.5 Å². The van der Waals surface area contributed by atoms with E-state index in [0.29, 0.717) is 17.2 Å². The van der Waals surface area contributed by atoms with Crippen molar-refractivity contribution < 1.29 is 4.74 Å². The number of nitrogens with zero attached hydrogens (tertiary/aromatic N) is 1. The van der Waals surface area contributed by atoms with Crippen LogP contribution in [0, 0.1) is 0 Å². The molecule has 1 aromatic rings. The molecular weight excluding hydrogens is 222 g/mol. The summed E-state index contributed by atoms with van der Waals surface area (Å²) < 4.78 is 5.48. The van der Waals surface area contributed by atoms with E-state index in [1.54, 1.807) is 11.3 Å². The Morgan fingerprint density at radius 2 is 2.36 bits per heavy atom.